The second kappa shape index (κ2) is 4.21. The summed E-state index contributed by atoms with van der Waals surface area (Å²) < 4.78 is 0. The van der Waals surface area contributed by atoms with Gasteiger partial charge in [-0.2, -0.15) is 0 Å². The smallest absolute Gasteiger partial charge is 0.137 e. The first-order valence-corrected chi connectivity index (χ1v) is 4.99. The third-order valence-corrected chi connectivity index (χ3v) is 2.71. The maximum atomic E-state index is 9.63. The van der Waals surface area contributed by atoms with Gasteiger partial charge in [0.05, 0.1) is 5.02 Å². The van der Waals surface area contributed by atoms with E-state index in [-0.39, 0.29) is 11.7 Å². The SMILES string of the molecule is CCC(C)c1cc(Cl)cc(Cl)c1O. The lowest BCUT2D eigenvalue weighted by atomic mass is 9.98. The minimum atomic E-state index is 0.153. The maximum absolute atomic E-state index is 9.63. The van der Waals surface area contributed by atoms with Crippen LogP contribution in [0.25, 0.3) is 0 Å². The lowest BCUT2D eigenvalue weighted by Gasteiger charge is -2.12. The van der Waals surface area contributed by atoms with Crippen LogP contribution in [0.3, 0.4) is 0 Å². The van der Waals surface area contributed by atoms with Crippen LogP contribution in [0.1, 0.15) is 31.7 Å². The molecule has 0 heterocycles. The maximum Gasteiger partial charge on any atom is 0.137 e. The van der Waals surface area contributed by atoms with Gasteiger partial charge in [-0.3, -0.25) is 0 Å². The van der Waals surface area contributed by atoms with Gasteiger partial charge in [-0.25, -0.2) is 0 Å². The van der Waals surface area contributed by atoms with E-state index >= 15 is 0 Å². The number of phenols is 1. The van der Waals surface area contributed by atoms with Gasteiger partial charge < -0.3 is 5.11 Å². The minimum Gasteiger partial charge on any atom is -0.506 e. The number of hydrogen-bond acceptors (Lipinski definition) is 1. The standard InChI is InChI=1S/C10H12Cl2O/c1-3-6(2)8-4-7(11)5-9(12)10(8)13/h4-6,13H,3H2,1-2H3. The van der Waals surface area contributed by atoms with E-state index in [2.05, 4.69) is 6.92 Å². The molecule has 1 aromatic carbocycles. The highest BCUT2D eigenvalue weighted by Gasteiger charge is 2.12. The topological polar surface area (TPSA) is 20.2 Å². The number of aromatic hydroxyl groups is 1. The predicted molar refractivity (Wildman–Crippen MR) is 56.8 cm³/mol. The van der Waals surface area contributed by atoms with Crippen LogP contribution >= 0.6 is 23.2 Å². The van der Waals surface area contributed by atoms with Gasteiger partial charge in [-0.1, -0.05) is 37.0 Å². The summed E-state index contributed by atoms with van der Waals surface area (Å²) in [7, 11) is 0. The quantitative estimate of drug-likeness (QED) is 0.789. The van der Waals surface area contributed by atoms with Gasteiger partial charge in [0.1, 0.15) is 5.75 Å². The van der Waals surface area contributed by atoms with E-state index in [0.29, 0.717) is 10.0 Å². The monoisotopic (exact) mass is 218 g/mol. The fourth-order valence-electron chi connectivity index (χ4n) is 1.18. The highest BCUT2D eigenvalue weighted by molar-refractivity contribution is 6.35. The zero-order valence-electron chi connectivity index (χ0n) is 7.64. The molecule has 0 saturated carbocycles. The molecule has 0 saturated heterocycles. The summed E-state index contributed by atoms with van der Waals surface area (Å²) in [6.45, 7) is 4.08. The molecule has 0 spiro atoms. The van der Waals surface area contributed by atoms with Crippen LogP contribution < -0.4 is 0 Å². The summed E-state index contributed by atoms with van der Waals surface area (Å²) >= 11 is 11.6. The molecule has 0 bridgehead atoms. The van der Waals surface area contributed by atoms with Crippen molar-refractivity contribution in [2.75, 3.05) is 0 Å². The van der Waals surface area contributed by atoms with Gasteiger partial charge in [0.25, 0.3) is 0 Å². The number of rotatable bonds is 2. The van der Waals surface area contributed by atoms with Crippen molar-refractivity contribution in [1.29, 1.82) is 0 Å². The predicted octanol–water partition coefficient (Wildman–Crippen LogP) is 4.21. The summed E-state index contributed by atoms with van der Waals surface area (Å²) in [5, 5.41) is 10.5. The lowest BCUT2D eigenvalue weighted by Crippen LogP contribution is -1.92. The summed E-state index contributed by atoms with van der Waals surface area (Å²) in [6.07, 6.45) is 0.949. The first kappa shape index (κ1) is 10.7. The molecule has 0 aliphatic carbocycles. The summed E-state index contributed by atoms with van der Waals surface area (Å²) in [5.74, 6) is 0.427. The number of hydrogen-bond donors (Lipinski definition) is 1. The molecular formula is C10H12Cl2O. The van der Waals surface area contributed by atoms with Crippen molar-refractivity contribution in [2.45, 2.75) is 26.2 Å². The fourth-order valence-corrected chi connectivity index (χ4v) is 1.69. The minimum absolute atomic E-state index is 0.153. The molecule has 1 atom stereocenters. The Bertz CT molecular complexity index is 310. The van der Waals surface area contributed by atoms with Crippen molar-refractivity contribution in [3.63, 3.8) is 0 Å². The third kappa shape index (κ3) is 2.29. The lowest BCUT2D eigenvalue weighted by molar-refractivity contribution is 0.462. The Hall–Kier alpha value is -0.400. The third-order valence-electron chi connectivity index (χ3n) is 2.20. The average Bonchev–Trinajstić information content (AvgIpc) is 2.10. The van der Waals surface area contributed by atoms with Gasteiger partial charge in [0, 0.05) is 5.02 Å². The molecule has 0 fully saturated rings. The van der Waals surface area contributed by atoms with E-state index in [4.69, 9.17) is 23.2 Å². The van der Waals surface area contributed by atoms with E-state index < -0.39 is 0 Å². The molecule has 0 aromatic heterocycles. The van der Waals surface area contributed by atoms with Gasteiger partial charge in [0.15, 0.2) is 0 Å². The second-order valence-electron chi connectivity index (χ2n) is 3.13. The zero-order valence-corrected chi connectivity index (χ0v) is 9.15. The average molecular weight is 219 g/mol. The first-order chi connectivity index (χ1) is 6.06. The van der Waals surface area contributed by atoms with E-state index in [1.54, 1.807) is 12.1 Å². The molecule has 1 nitrogen and oxygen atoms in total. The summed E-state index contributed by atoms with van der Waals surface area (Å²) in [4.78, 5) is 0. The highest BCUT2D eigenvalue weighted by atomic mass is 35.5. The molecule has 72 valence electrons. The van der Waals surface area contributed by atoms with E-state index in [1.165, 1.54) is 0 Å². The van der Waals surface area contributed by atoms with Gasteiger partial charge in [-0.15, -0.1) is 0 Å². The summed E-state index contributed by atoms with van der Waals surface area (Å²) in [6, 6.07) is 3.31. The van der Waals surface area contributed by atoms with Crippen molar-refractivity contribution in [1.82, 2.24) is 0 Å². The first-order valence-electron chi connectivity index (χ1n) is 4.24. The molecule has 1 N–H and O–H groups in total. The largest absolute Gasteiger partial charge is 0.506 e. The molecule has 1 unspecified atom stereocenters. The Kier molecular flexibility index (Phi) is 3.46. The van der Waals surface area contributed by atoms with Crippen LogP contribution in [0.15, 0.2) is 12.1 Å². The van der Waals surface area contributed by atoms with Crippen molar-refractivity contribution in [3.8, 4) is 5.75 Å². The van der Waals surface area contributed by atoms with Crippen molar-refractivity contribution < 1.29 is 5.11 Å². The van der Waals surface area contributed by atoms with E-state index in [1.807, 2.05) is 6.92 Å². The molecule has 0 amide bonds. The molecule has 0 aliphatic heterocycles. The number of benzene rings is 1. The van der Waals surface area contributed by atoms with Crippen LogP contribution in [0.5, 0.6) is 5.75 Å². The summed E-state index contributed by atoms with van der Waals surface area (Å²) in [5.41, 5.74) is 0.819. The van der Waals surface area contributed by atoms with Crippen LogP contribution in [-0.4, -0.2) is 5.11 Å². The van der Waals surface area contributed by atoms with Crippen LogP contribution in [0.2, 0.25) is 10.0 Å². The molecule has 0 radical (unpaired) electrons. The second-order valence-corrected chi connectivity index (χ2v) is 3.98. The molecule has 1 rings (SSSR count). The van der Waals surface area contributed by atoms with E-state index in [0.717, 1.165) is 12.0 Å². The Labute approximate surface area is 88.3 Å². The van der Waals surface area contributed by atoms with Crippen LogP contribution in [0, 0.1) is 0 Å². The van der Waals surface area contributed by atoms with Gasteiger partial charge in [-0.05, 0) is 30.0 Å². The van der Waals surface area contributed by atoms with Gasteiger partial charge >= 0.3 is 0 Å². The fraction of sp³-hybridized carbons (Fsp3) is 0.400. The Morgan fingerprint density at radius 3 is 2.54 bits per heavy atom. The Morgan fingerprint density at radius 2 is 2.00 bits per heavy atom. The van der Waals surface area contributed by atoms with Crippen LogP contribution in [-0.2, 0) is 0 Å². The molecule has 3 heteroatoms. The Morgan fingerprint density at radius 1 is 1.38 bits per heavy atom. The molecule has 13 heavy (non-hydrogen) atoms. The van der Waals surface area contributed by atoms with E-state index in [9.17, 15) is 5.11 Å². The van der Waals surface area contributed by atoms with Crippen molar-refractivity contribution in [3.05, 3.63) is 27.7 Å². The van der Waals surface area contributed by atoms with Gasteiger partial charge in [0.2, 0.25) is 0 Å². The number of phenolic OH excluding ortho intramolecular Hbond substituents is 1. The van der Waals surface area contributed by atoms with Crippen molar-refractivity contribution in [2.24, 2.45) is 0 Å². The molecule has 0 aliphatic rings. The molecular weight excluding hydrogens is 207 g/mol. The highest BCUT2D eigenvalue weighted by Crippen LogP contribution is 2.36. The number of halogens is 2. The van der Waals surface area contributed by atoms with Crippen LogP contribution in [0.4, 0.5) is 0 Å². The zero-order chi connectivity index (χ0) is 10.0. The Balaban J connectivity index is 3.20. The molecule has 1 aromatic rings. The normalized spacial score (nSPS) is 12.9. The van der Waals surface area contributed by atoms with Crippen molar-refractivity contribution >= 4 is 23.2 Å².